The Balaban J connectivity index is 1.74. The first-order valence-corrected chi connectivity index (χ1v) is 8.55. The first-order valence-electron chi connectivity index (χ1n) is 7.67. The fourth-order valence-electron chi connectivity index (χ4n) is 1.90. The number of nitriles is 1. The van der Waals surface area contributed by atoms with Crippen LogP contribution in [0.3, 0.4) is 0 Å². The van der Waals surface area contributed by atoms with Gasteiger partial charge in [-0.15, -0.1) is 11.3 Å². The van der Waals surface area contributed by atoms with Crippen LogP contribution in [-0.2, 0) is 14.3 Å². The number of esters is 1. The van der Waals surface area contributed by atoms with Crippen molar-refractivity contribution < 1.29 is 19.1 Å². The Labute approximate surface area is 150 Å². The molecule has 0 saturated heterocycles. The summed E-state index contributed by atoms with van der Waals surface area (Å²) < 4.78 is 10.5. The van der Waals surface area contributed by atoms with Crippen LogP contribution in [0.2, 0.25) is 0 Å². The lowest BCUT2D eigenvalue weighted by Gasteiger charge is -2.13. The molecule has 2 aromatic rings. The highest BCUT2D eigenvalue weighted by atomic mass is 32.1. The molecule has 1 aromatic heterocycles. The number of aryl methyl sites for hydroxylation is 1. The fourth-order valence-corrected chi connectivity index (χ4v) is 2.64. The van der Waals surface area contributed by atoms with Crippen LogP contribution in [0.4, 0.5) is 5.00 Å². The van der Waals surface area contributed by atoms with E-state index in [2.05, 4.69) is 5.32 Å². The Hall–Kier alpha value is -2.85. The third-order valence-electron chi connectivity index (χ3n) is 3.30. The Kier molecular flexibility index (Phi) is 6.54. The molecule has 130 valence electrons. The number of rotatable bonds is 7. The highest BCUT2D eigenvalue weighted by molar-refractivity contribution is 7.14. The summed E-state index contributed by atoms with van der Waals surface area (Å²) in [6.07, 6.45) is -0.922. The molecule has 1 amide bonds. The van der Waals surface area contributed by atoms with Crippen LogP contribution in [0.25, 0.3) is 0 Å². The largest absolute Gasteiger partial charge is 0.493 e. The van der Waals surface area contributed by atoms with Crippen molar-refractivity contribution in [3.05, 3.63) is 46.8 Å². The van der Waals surface area contributed by atoms with Crippen molar-refractivity contribution in [2.45, 2.75) is 26.4 Å². The Bertz CT molecular complexity index is 777. The van der Waals surface area contributed by atoms with E-state index in [4.69, 9.17) is 14.7 Å². The number of anilines is 1. The maximum atomic E-state index is 12.0. The number of hydrogen-bond donors (Lipinski definition) is 1. The molecule has 1 atom stereocenters. The van der Waals surface area contributed by atoms with Gasteiger partial charge in [0.2, 0.25) is 0 Å². The van der Waals surface area contributed by atoms with E-state index in [-0.39, 0.29) is 13.0 Å². The number of carbonyl (C=O) groups excluding carboxylic acids is 2. The molecule has 0 radical (unpaired) electrons. The smallest absolute Gasteiger partial charge is 0.310 e. The van der Waals surface area contributed by atoms with Gasteiger partial charge in [-0.25, -0.2) is 0 Å². The normalized spacial score (nSPS) is 11.2. The van der Waals surface area contributed by atoms with E-state index < -0.39 is 18.0 Å². The number of benzene rings is 1. The molecule has 0 fully saturated rings. The molecule has 0 spiro atoms. The number of amides is 1. The van der Waals surface area contributed by atoms with Crippen LogP contribution in [0.1, 0.15) is 24.5 Å². The van der Waals surface area contributed by atoms with Crippen LogP contribution < -0.4 is 10.1 Å². The monoisotopic (exact) mass is 358 g/mol. The average Bonchev–Trinajstić information content (AvgIpc) is 3.03. The van der Waals surface area contributed by atoms with E-state index in [9.17, 15) is 9.59 Å². The lowest BCUT2D eigenvalue weighted by atomic mass is 10.2. The molecule has 0 bridgehead atoms. The van der Waals surface area contributed by atoms with Crippen molar-refractivity contribution in [1.29, 1.82) is 5.26 Å². The summed E-state index contributed by atoms with van der Waals surface area (Å²) in [5.41, 5.74) is 1.50. The number of ether oxygens (including phenoxy) is 2. The summed E-state index contributed by atoms with van der Waals surface area (Å²) in [6.45, 7) is 3.62. The molecule has 1 N–H and O–H groups in total. The molecule has 7 heteroatoms. The molecule has 1 heterocycles. The molecule has 6 nitrogen and oxygen atoms in total. The summed E-state index contributed by atoms with van der Waals surface area (Å²) in [7, 11) is 0. The molecule has 0 unspecified atom stereocenters. The number of nitrogens with zero attached hydrogens (tertiary/aromatic N) is 1. The third kappa shape index (κ3) is 5.62. The SMILES string of the molecule is Cc1ccc(OCCC(=O)O[C@@H](C)C(=O)Nc2sccc2C#N)cc1. The summed E-state index contributed by atoms with van der Waals surface area (Å²) in [4.78, 5) is 23.8. The molecular weight excluding hydrogens is 340 g/mol. The number of carbonyl (C=O) groups is 2. The van der Waals surface area contributed by atoms with Gasteiger partial charge < -0.3 is 14.8 Å². The van der Waals surface area contributed by atoms with Crippen LogP contribution in [0.5, 0.6) is 5.75 Å². The van der Waals surface area contributed by atoms with Gasteiger partial charge in [-0.2, -0.15) is 5.26 Å². The van der Waals surface area contributed by atoms with Gasteiger partial charge >= 0.3 is 5.97 Å². The summed E-state index contributed by atoms with van der Waals surface area (Å²) in [5.74, 6) is -0.334. The molecule has 0 saturated carbocycles. The minimum Gasteiger partial charge on any atom is -0.493 e. The third-order valence-corrected chi connectivity index (χ3v) is 4.13. The Morgan fingerprint density at radius 1 is 1.28 bits per heavy atom. The Morgan fingerprint density at radius 3 is 2.68 bits per heavy atom. The zero-order valence-corrected chi connectivity index (χ0v) is 14.8. The van der Waals surface area contributed by atoms with E-state index in [0.29, 0.717) is 16.3 Å². The van der Waals surface area contributed by atoms with Crippen LogP contribution >= 0.6 is 11.3 Å². The van der Waals surface area contributed by atoms with E-state index in [1.165, 1.54) is 18.3 Å². The zero-order valence-electron chi connectivity index (χ0n) is 13.9. The minimum absolute atomic E-state index is 0.0357. The Morgan fingerprint density at radius 2 is 2.00 bits per heavy atom. The molecule has 0 aliphatic heterocycles. The van der Waals surface area contributed by atoms with Crippen molar-refractivity contribution in [2.24, 2.45) is 0 Å². The maximum Gasteiger partial charge on any atom is 0.310 e. The van der Waals surface area contributed by atoms with Gasteiger partial charge in [-0.3, -0.25) is 9.59 Å². The molecule has 25 heavy (non-hydrogen) atoms. The van der Waals surface area contributed by atoms with Gasteiger partial charge in [0, 0.05) is 0 Å². The summed E-state index contributed by atoms with van der Waals surface area (Å²) in [6, 6.07) is 11.1. The van der Waals surface area contributed by atoms with Crippen molar-refractivity contribution in [1.82, 2.24) is 0 Å². The molecule has 1 aromatic carbocycles. The van der Waals surface area contributed by atoms with Crippen molar-refractivity contribution in [2.75, 3.05) is 11.9 Å². The molecule has 0 aliphatic rings. The topological polar surface area (TPSA) is 88.4 Å². The second kappa shape index (κ2) is 8.85. The van der Waals surface area contributed by atoms with Gasteiger partial charge in [0.15, 0.2) is 6.10 Å². The van der Waals surface area contributed by atoms with Crippen LogP contribution in [0.15, 0.2) is 35.7 Å². The highest BCUT2D eigenvalue weighted by Crippen LogP contribution is 2.22. The highest BCUT2D eigenvalue weighted by Gasteiger charge is 2.19. The van der Waals surface area contributed by atoms with Gasteiger partial charge in [-0.1, -0.05) is 17.7 Å². The number of thiophene rings is 1. The summed E-state index contributed by atoms with van der Waals surface area (Å²) in [5, 5.41) is 13.6. The van der Waals surface area contributed by atoms with Crippen molar-refractivity contribution in [3.63, 3.8) is 0 Å². The lowest BCUT2D eigenvalue weighted by Crippen LogP contribution is -2.30. The first kappa shape index (κ1) is 18.5. The van der Waals surface area contributed by atoms with E-state index in [1.807, 2.05) is 37.3 Å². The van der Waals surface area contributed by atoms with Crippen LogP contribution in [-0.4, -0.2) is 24.6 Å². The predicted octanol–water partition coefficient (Wildman–Crippen LogP) is 3.27. The molecule has 0 aliphatic carbocycles. The van der Waals surface area contributed by atoms with Gasteiger partial charge in [0.1, 0.15) is 16.8 Å². The number of nitrogens with one attached hydrogen (secondary N) is 1. The fraction of sp³-hybridized carbons (Fsp3) is 0.278. The zero-order chi connectivity index (χ0) is 18.2. The van der Waals surface area contributed by atoms with Crippen LogP contribution in [0, 0.1) is 18.3 Å². The average molecular weight is 358 g/mol. The molecular formula is C18H18N2O4S. The van der Waals surface area contributed by atoms with Gasteiger partial charge in [0.25, 0.3) is 5.91 Å². The predicted molar refractivity (Wildman–Crippen MR) is 94.5 cm³/mol. The van der Waals surface area contributed by atoms with E-state index >= 15 is 0 Å². The van der Waals surface area contributed by atoms with Gasteiger partial charge in [-0.05, 0) is 37.4 Å². The van der Waals surface area contributed by atoms with E-state index in [1.54, 1.807) is 11.4 Å². The quantitative estimate of drug-likeness (QED) is 0.768. The first-order chi connectivity index (χ1) is 12.0. The number of hydrogen-bond acceptors (Lipinski definition) is 6. The van der Waals surface area contributed by atoms with Crippen molar-refractivity contribution in [3.8, 4) is 11.8 Å². The van der Waals surface area contributed by atoms with Gasteiger partial charge in [0.05, 0.1) is 18.6 Å². The maximum absolute atomic E-state index is 12.0. The standard InChI is InChI=1S/C18H18N2O4S/c1-12-3-5-15(6-4-12)23-9-7-16(21)24-13(2)17(22)20-18-14(11-19)8-10-25-18/h3-6,8,10,13H,7,9H2,1-2H3,(H,20,22)/t13-/m0/s1. The second-order valence-electron chi connectivity index (χ2n) is 5.31. The second-order valence-corrected chi connectivity index (χ2v) is 6.22. The lowest BCUT2D eigenvalue weighted by molar-refractivity contribution is -0.153. The summed E-state index contributed by atoms with van der Waals surface area (Å²) >= 11 is 1.24. The van der Waals surface area contributed by atoms with Crippen molar-refractivity contribution >= 4 is 28.2 Å². The van der Waals surface area contributed by atoms with E-state index in [0.717, 1.165) is 5.56 Å². The molecule has 2 rings (SSSR count). The minimum atomic E-state index is -0.958.